The zero-order valence-electron chi connectivity index (χ0n) is 13.5. The summed E-state index contributed by atoms with van der Waals surface area (Å²) < 4.78 is 0. The van der Waals surface area contributed by atoms with Crippen LogP contribution in [0.5, 0.6) is 0 Å². The molecule has 0 atom stereocenters. The zero-order valence-corrected chi connectivity index (χ0v) is 14.2. The first-order valence-electron chi connectivity index (χ1n) is 8.67. The van der Waals surface area contributed by atoms with E-state index < -0.39 is 4.92 Å². The second-order valence-corrected chi connectivity index (χ2v) is 8.40. The van der Waals surface area contributed by atoms with Gasteiger partial charge in [0, 0.05) is 6.54 Å². The lowest BCUT2D eigenvalue weighted by molar-refractivity contribution is -0.385. The van der Waals surface area contributed by atoms with Crippen LogP contribution in [0.4, 0.5) is 5.69 Å². The van der Waals surface area contributed by atoms with Crippen LogP contribution in [0.3, 0.4) is 0 Å². The standard InChI is InChI=1S/C18H21ClN2O3/c19-15-3-1-2-14(16(15)21(23)24)17(22)20-10-18-7-11-4-12(8-18)6-13(5-11)9-18/h1-3,11-13H,4-10H2,(H,20,22). The summed E-state index contributed by atoms with van der Waals surface area (Å²) in [7, 11) is 0. The molecule has 6 heteroatoms. The minimum atomic E-state index is -0.581. The number of carbonyl (C=O) groups is 1. The molecule has 4 aliphatic carbocycles. The largest absolute Gasteiger partial charge is 0.351 e. The smallest absolute Gasteiger partial charge is 0.300 e. The lowest BCUT2D eigenvalue weighted by atomic mass is 9.49. The quantitative estimate of drug-likeness (QED) is 0.654. The molecule has 0 aromatic heterocycles. The highest BCUT2D eigenvalue weighted by molar-refractivity contribution is 6.33. The Bertz CT molecular complexity index is 668. The van der Waals surface area contributed by atoms with Crippen molar-refractivity contribution in [1.29, 1.82) is 0 Å². The third-order valence-corrected chi connectivity index (χ3v) is 6.51. The molecule has 1 aromatic rings. The highest BCUT2D eigenvalue weighted by Gasteiger charge is 2.50. The van der Waals surface area contributed by atoms with Crippen LogP contribution in [-0.2, 0) is 0 Å². The molecule has 5 rings (SSSR count). The molecule has 5 nitrogen and oxygen atoms in total. The molecular weight excluding hydrogens is 328 g/mol. The summed E-state index contributed by atoms with van der Waals surface area (Å²) in [4.78, 5) is 23.2. The number of halogens is 1. The number of hydrogen-bond donors (Lipinski definition) is 1. The molecule has 0 radical (unpaired) electrons. The zero-order chi connectivity index (χ0) is 16.9. The Morgan fingerprint density at radius 3 is 2.33 bits per heavy atom. The van der Waals surface area contributed by atoms with E-state index >= 15 is 0 Å². The number of nitrogens with one attached hydrogen (secondary N) is 1. The number of rotatable bonds is 4. The Morgan fingerprint density at radius 2 is 1.79 bits per heavy atom. The summed E-state index contributed by atoms with van der Waals surface area (Å²) >= 11 is 5.90. The van der Waals surface area contributed by atoms with E-state index in [1.165, 1.54) is 50.7 Å². The molecule has 4 saturated carbocycles. The van der Waals surface area contributed by atoms with Crippen molar-refractivity contribution in [3.8, 4) is 0 Å². The normalized spacial score (nSPS) is 33.5. The van der Waals surface area contributed by atoms with E-state index in [1.54, 1.807) is 6.07 Å². The summed E-state index contributed by atoms with van der Waals surface area (Å²) in [6.07, 6.45) is 7.64. The van der Waals surface area contributed by atoms with Crippen LogP contribution >= 0.6 is 11.6 Å². The van der Waals surface area contributed by atoms with Crippen molar-refractivity contribution in [3.63, 3.8) is 0 Å². The number of amides is 1. The van der Waals surface area contributed by atoms with Crippen LogP contribution in [0, 0.1) is 33.3 Å². The van der Waals surface area contributed by atoms with Gasteiger partial charge in [0.05, 0.1) is 4.92 Å². The van der Waals surface area contributed by atoms with E-state index in [4.69, 9.17) is 11.6 Å². The summed E-state index contributed by atoms with van der Waals surface area (Å²) in [6.45, 7) is 0.624. The Labute approximate surface area is 145 Å². The molecule has 4 fully saturated rings. The van der Waals surface area contributed by atoms with E-state index in [-0.39, 0.29) is 27.6 Å². The third-order valence-electron chi connectivity index (χ3n) is 6.20. The van der Waals surface area contributed by atoms with Crippen LogP contribution < -0.4 is 5.32 Å². The summed E-state index contributed by atoms with van der Waals surface area (Å²) in [5.74, 6) is 2.05. The molecule has 1 aromatic carbocycles. The predicted molar refractivity (Wildman–Crippen MR) is 91.0 cm³/mol. The van der Waals surface area contributed by atoms with Gasteiger partial charge in [-0.2, -0.15) is 0 Å². The van der Waals surface area contributed by atoms with Gasteiger partial charge in [-0.15, -0.1) is 0 Å². The fourth-order valence-electron chi connectivity index (χ4n) is 5.75. The van der Waals surface area contributed by atoms with Gasteiger partial charge in [-0.3, -0.25) is 14.9 Å². The maximum Gasteiger partial charge on any atom is 0.300 e. The monoisotopic (exact) mass is 348 g/mol. The first-order chi connectivity index (χ1) is 11.5. The first kappa shape index (κ1) is 15.9. The van der Waals surface area contributed by atoms with E-state index in [0.29, 0.717) is 6.54 Å². The van der Waals surface area contributed by atoms with Gasteiger partial charge in [-0.1, -0.05) is 17.7 Å². The summed E-state index contributed by atoms with van der Waals surface area (Å²) in [5, 5.41) is 14.2. The van der Waals surface area contributed by atoms with Crippen LogP contribution in [0.15, 0.2) is 18.2 Å². The van der Waals surface area contributed by atoms with Crippen molar-refractivity contribution >= 4 is 23.2 Å². The summed E-state index contributed by atoms with van der Waals surface area (Å²) in [6, 6.07) is 4.49. The second-order valence-electron chi connectivity index (χ2n) is 7.99. The van der Waals surface area contributed by atoms with Crippen molar-refractivity contribution in [1.82, 2.24) is 5.32 Å². The van der Waals surface area contributed by atoms with Crippen molar-refractivity contribution in [2.45, 2.75) is 38.5 Å². The van der Waals surface area contributed by atoms with Crippen molar-refractivity contribution in [2.24, 2.45) is 23.2 Å². The van der Waals surface area contributed by atoms with Crippen molar-refractivity contribution in [3.05, 3.63) is 38.9 Å². The number of nitrogens with zero attached hydrogens (tertiary/aromatic N) is 1. The Kier molecular flexibility index (Phi) is 3.79. The Balaban J connectivity index is 1.50. The van der Waals surface area contributed by atoms with Crippen molar-refractivity contribution < 1.29 is 9.72 Å². The number of nitro benzene ring substituents is 1. The van der Waals surface area contributed by atoms with Crippen LogP contribution in [0.25, 0.3) is 0 Å². The highest BCUT2D eigenvalue weighted by atomic mass is 35.5. The molecule has 0 spiro atoms. The average molecular weight is 349 g/mol. The number of benzene rings is 1. The van der Waals surface area contributed by atoms with Crippen LogP contribution in [0.2, 0.25) is 5.02 Å². The predicted octanol–water partition coefficient (Wildman–Crippen LogP) is 4.19. The SMILES string of the molecule is O=C(NCC12CC3CC(CC(C3)C1)C2)c1cccc(Cl)c1[N+](=O)[O-]. The number of para-hydroxylation sites is 1. The second kappa shape index (κ2) is 5.73. The van der Waals surface area contributed by atoms with Gasteiger partial charge in [0.25, 0.3) is 5.91 Å². The summed E-state index contributed by atoms with van der Waals surface area (Å²) in [5.41, 5.74) is -0.0444. The van der Waals surface area contributed by atoms with Gasteiger partial charge in [0.1, 0.15) is 10.6 Å². The molecule has 128 valence electrons. The van der Waals surface area contributed by atoms with Gasteiger partial charge >= 0.3 is 5.69 Å². The molecule has 1 N–H and O–H groups in total. The molecule has 24 heavy (non-hydrogen) atoms. The van der Waals surface area contributed by atoms with Crippen LogP contribution in [0.1, 0.15) is 48.9 Å². The van der Waals surface area contributed by atoms with Crippen LogP contribution in [-0.4, -0.2) is 17.4 Å². The molecule has 0 aliphatic heterocycles. The molecule has 0 saturated heterocycles. The first-order valence-corrected chi connectivity index (χ1v) is 9.05. The topological polar surface area (TPSA) is 72.2 Å². The maximum atomic E-state index is 12.5. The minimum absolute atomic E-state index is 0.00227. The van der Waals surface area contributed by atoms with Gasteiger partial charge < -0.3 is 5.32 Å². The average Bonchev–Trinajstić information content (AvgIpc) is 2.50. The minimum Gasteiger partial charge on any atom is -0.351 e. The highest BCUT2D eigenvalue weighted by Crippen LogP contribution is 2.59. The maximum absolute atomic E-state index is 12.5. The van der Waals surface area contributed by atoms with E-state index in [1.807, 2.05) is 0 Å². The Morgan fingerprint density at radius 1 is 1.21 bits per heavy atom. The number of carbonyl (C=O) groups excluding carboxylic acids is 1. The van der Waals surface area contributed by atoms with E-state index in [9.17, 15) is 14.9 Å². The van der Waals surface area contributed by atoms with E-state index in [2.05, 4.69) is 5.32 Å². The van der Waals surface area contributed by atoms with E-state index in [0.717, 1.165) is 17.8 Å². The molecule has 1 amide bonds. The fourth-order valence-corrected chi connectivity index (χ4v) is 6.00. The van der Waals surface area contributed by atoms with Gasteiger partial charge in [0.2, 0.25) is 0 Å². The number of nitro groups is 1. The molecule has 0 unspecified atom stereocenters. The molecule has 4 aliphatic rings. The van der Waals surface area contributed by atoms with Crippen molar-refractivity contribution in [2.75, 3.05) is 6.54 Å². The fraction of sp³-hybridized carbons (Fsp3) is 0.611. The Hall–Kier alpha value is -1.62. The lowest BCUT2D eigenvalue weighted by Crippen LogP contribution is -2.51. The van der Waals surface area contributed by atoms with Gasteiger partial charge in [-0.05, 0) is 73.8 Å². The molecular formula is C18H21ClN2O3. The van der Waals surface area contributed by atoms with Gasteiger partial charge in [0.15, 0.2) is 0 Å². The number of hydrogen-bond acceptors (Lipinski definition) is 3. The molecule has 4 bridgehead atoms. The molecule has 0 heterocycles. The van der Waals surface area contributed by atoms with Gasteiger partial charge in [-0.25, -0.2) is 0 Å². The lowest BCUT2D eigenvalue weighted by Gasteiger charge is -2.56. The third kappa shape index (κ3) is 2.69.